The van der Waals surface area contributed by atoms with Crippen molar-refractivity contribution >= 4 is 28.5 Å². The number of nitrogens with one attached hydrogen (secondary N) is 2. The molecule has 32 heavy (non-hydrogen) atoms. The molecule has 168 valence electrons. The van der Waals surface area contributed by atoms with Crippen molar-refractivity contribution in [2.45, 2.75) is 32.8 Å². The average molecular weight is 437 g/mol. The van der Waals surface area contributed by atoms with Crippen LogP contribution in [0.4, 0.5) is 5.69 Å². The van der Waals surface area contributed by atoms with Gasteiger partial charge in [-0.05, 0) is 36.8 Å². The number of aryl methyl sites for hydroxylation is 2. The molecule has 0 spiro atoms. The minimum absolute atomic E-state index is 0.0212. The zero-order valence-corrected chi connectivity index (χ0v) is 18.6. The summed E-state index contributed by atoms with van der Waals surface area (Å²) in [6.45, 7) is 4.43. The van der Waals surface area contributed by atoms with Crippen LogP contribution < -0.4 is 20.1 Å². The molecular weight excluding hydrogens is 408 g/mol. The van der Waals surface area contributed by atoms with E-state index in [-0.39, 0.29) is 24.3 Å². The largest absolute Gasteiger partial charge is 0.485 e. The first-order valence-electron chi connectivity index (χ1n) is 10.8. The Morgan fingerprint density at radius 3 is 2.75 bits per heavy atom. The van der Waals surface area contributed by atoms with Crippen molar-refractivity contribution in [3.63, 3.8) is 0 Å². The lowest BCUT2D eigenvalue weighted by molar-refractivity contribution is -0.130. The fourth-order valence-electron chi connectivity index (χ4n) is 3.56. The van der Waals surface area contributed by atoms with E-state index in [4.69, 9.17) is 14.5 Å². The van der Waals surface area contributed by atoms with Crippen molar-refractivity contribution in [3.8, 4) is 11.5 Å². The van der Waals surface area contributed by atoms with E-state index >= 15 is 0 Å². The molecule has 0 fully saturated rings. The molecular formula is C24H28N4O4. The summed E-state index contributed by atoms with van der Waals surface area (Å²) in [7, 11) is 1.97. The number of carbonyl (C=O) groups is 2. The minimum Gasteiger partial charge on any atom is -0.485 e. The van der Waals surface area contributed by atoms with Crippen LogP contribution in [0.2, 0.25) is 0 Å². The number of nitrogens with zero attached hydrogens (tertiary/aromatic N) is 2. The van der Waals surface area contributed by atoms with Crippen LogP contribution in [0.5, 0.6) is 11.5 Å². The number of para-hydroxylation sites is 2. The first kappa shape index (κ1) is 21.7. The quantitative estimate of drug-likeness (QED) is 0.555. The van der Waals surface area contributed by atoms with Gasteiger partial charge in [0.05, 0.1) is 11.0 Å². The van der Waals surface area contributed by atoms with Gasteiger partial charge in [-0.25, -0.2) is 4.98 Å². The Labute approximate surface area is 186 Å². The number of hydrogen-bond donors (Lipinski definition) is 2. The van der Waals surface area contributed by atoms with E-state index in [2.05, 4.69) is 10.6 Å². The zero-order chi connectivity index (χ0) is 22.7. The molecule has 0 radical (unpaired) electrons. The number of benzene rings is 2. The number of hydrogen-bond acceptors (Lipinski definition) is 5. The Hall–Kier alpha value is -3.55. The van der Waals surface area contributed by atoms with Gasteiger partial charge >= 0.3 is 0 Å². The van der Waals surface area contributed by atoms with Crippen LogP contribution in [0, 0.1) is 5.92 Å². The third-order valence-corrected chi connectivity index (χ3v) is 5.44. The molecule has 2 heterocycles. The van der Waals surface area contributed by atoms with Crippen molar-refractivity contribution in [3.05, 3.63) is 48.3 Å². The van der Waals surface area contributed by atoms with Crippen molar-refractivity contribution in [2.75, 3.05) is 18.5 Å². The van der Waals surface area contributed by atoms with Gasteiger partial charge in [-0.3, -0.25) is 9.59 Å². The number of anilines is 1. The summed E-state index contributed by atoms with van der Waals surface area (Å²) in [5.41, 5.74) is 2.57. The molecule has 0 bridgehead atoms. The maximum absolute atomic E-state index is 12.4. The number of ether oxygens (including phenoxy) is 2. The highest BCUT2D eigenvalue weighted by molar-refractivity contribution is 5.94. The van der Waals surface area contributed by atoms with Gasteiger partial charge in [-0.1, -0.05) is 26.0 Å². The first-order chi connectivity index (χ1) is 15.4. The molecule has 1 atom stereocenters. The summed E-state index contributed by atoms with van der Waals surface area (Å²) in [4.78, 5) is 29.1. The van der Waals surface area contributed by atoms with Crippen molar-refractivity contribution < 1.29 is 19.1 Å². The van der Waals surface area contributed by atoms with Gasteiger partial charge in [0.1, 0.15) is 12.4 Å². The van der Waals surface area contributed by atoms with Crippen LogP contribution in [-0.2, 0) is 23.1 Å². The third-order valence-electron chi connectivity index (χ3n) is 5.44. The Balaban J connectivity index is 1.30. The Bertz CT molecular complexity index is 1140. The molecule has 0 saturated carbocycles. The van der Waals surface area contributed by atoms with E-state index in [1.165, 1.54) is 0 Å². The normalized spacial score (nSPS) is 15.1. The summed E-state index contributed by atoms with van der Waals surface area (Å²) >= 11 is 0. The van der Waals surface area contributed by atoms with Crippen LogP contribution in [0.1, 0.15) is 26.1 Å². The predicted octanol–water partition coefficient (Wildman–Crippen LogP) is 3.06. The van der Waals surface area contributed by atoms with Crippen LogP contribution in [0.15, 0.2) is 42.5 Å². The highest BCUT2D eigenvalue weighted by Crippen LogP contribution is 2.30. The molecule has 2 N–H and O–H groups in total. The molecule has 1 aliphatic rings. The fourth-order valence-corrected chi connectivity index (χ4v) is 3.56. The Morgan fingerprint density at radius 1 is 1.19 bits per heavy atom. The minimum atomic E-state index is -0.653. The molecule has 2 aromatic carbocycles. The second kappa shape index (κ2) is 9.30. The van der Waals surface area contributed by atoms with E-state index in [0.29, 0.717) is 24.5 Å². The van der Waals surface area contributed by atoms with Crippen molar-refractivity contribution in [1.29, 1.82) is 0 Å². The highest BCUT2D eigenvalue weighted by Gasteiger charge is 2.26. The van der Waals surface area contributed by atoms with Crippen LogP contribution in [0.25, 0.3) is 11.0 Å². The summed E-state index contributed by atoms with van der Waals surface area (Å²) in [5, 5.41) is 5.83. The first-order valence-corrected chi connectivity index (χ1v) is 10.8. The lowest BCUT2D eigenvalue weighted by Gasteiger charge is -2.25. The Kier molecular flexibility index (Phi) is 6.30. The third kappa shape index (κ3) is 4.69. The fraction of sp³-hybridized carbons (Fsp3) is 0.375. The lowest BCUT2D eigenvalue weighted by atomic mass is 10.2. The maximum atomic E-state index is 12.4. The van der Waals surface area contributed by atoms with Crippen LogP contribution in [0.3, 0.4) is 0 Å². The average Bonchev–Trinajstić information content (AvgIpc) is 3.10. The number of carbonyl (C=O) groups excluding carboxylic acids is 2. The van der Waals surface area contributed by atoms with Gasteiger partial charge in [0, 0.05) is 31.6 Å². The highest BCUT2D eigenvalue weighted by atomic mass is 16.6. The van der Waals surface area contributed by atoms with Gasteiger partial charge in [-0.15, -0.1) is 0 Å². The smallest absolute Gasteiger partial charge is 0.264 e. The summed E-state index contributed by atoms with van der Waals surface area (Å²) in [6, 6.07) is 13.1. The van der Waals surface area contributed by atoms with Gasteiger partial charge in [0.15, 0.2) is 11.5 Å². The van der Waals surface area contributed by atoms with E-state index in [1.54, 1.807) is 6.07 Å². The number of imidazole rings is 1. The second-order valence-electron chi connectivity index (χ2n) is 8.19. The molecule has 1 aliphatic heterocycles. The zero-order valence-electron chi connectivity index (χ0n) is 18.6. The second-order valence-corrected chi connectivity index (χ2v) is 8.19. The van der Waals surface area contributed by atoms with Crippen molar-refractivity contribution in [1.82, 2.24) is 14.9 Å². The summed E-state index contributed by atoms with van der Waals surface area (Å²) in [5.74, 6) is 1.88. The van der Waals surface area contributed by atoms with Gasteiger partial charge in [0.2, 0.25) is 12.0 Å². The van der Waals surface area contributed by atoms with Crippen LogP contribution >= 0.6 is 0 Å². The standard InChI is InChI=1S/C24H28N4O4/c1-15(2)23(29)26-16-10-11-18-17(13-16)27-22(28(18)3)9-6-12-25-24(30)21-14-31-19-7-4-5-8-20(19)32-21/h4-5,7-8,10-11,13,15,21H,6,9,12,14H2,1-3H3,(H,25,30)(H,26,29)/t21-/m0/s1. The van der Waals surface area contributed by atoms with E-state index < -0.39 is 6.10 Å². The SMILES string of the molecule is CC(C)C(=O)Nc1ccc2c(c1)nc(CCCNC(=O)[C@@H]1COc3ccccc3O1)n2C. The molecule has 1 aromatic heterocycles. The van der Waals surface area contributed by atoms with E-state index in [1.807, 2.05) is 61.9 Å². The number of amides is 2. The monoisotopic (exact) mass is 436 g/mol. The molecule has 2 amide bonds. The topological polar surface area (TPSA) is 94.5 Å². The number of fused-ring (bicyclic) bond motifs is 2. The van der Waals surface area contributed by atoms with Crippen LogP contribution in [-0.4, -0.2) is 40.6 Å². The van der Waals surface area contributed by atoms with Gasteiger partial charge in [0.25, 0.3) is 5.91 Å². The summed E-state index contributed by atoms with van der Waals surface area (Å²) < 4.78 is 13.4. The van der Waals surface area contributed by atoms with E-state index in [9.17, 15) is 9.59 Å². The molecule has 0 aliphatic carbocycles. The molecule has 3 aromatic rings. The molecule has 0 saturated heterocycles. The lowest BCUT2D eigenvalue weighted by Crippen LogP contribution is -2.44. The van der Waals surface area contributed by atoms with Gasteiger partial charge in [-0.2, -0.15) is 0 Å². The van der Waals surface area contributed by atoms with Gasteiger partial charge < -0.3 is 24.7 Å². The Morgan fingerprint density at radius 2 is 1.97 bits per heavy atom. The molecule has 0 unspecified atom stereocenters. The van der Waals surface area contributed by atoms with Crippen molar-refractivity contribution in [2.24, 2.45) is 13.0 Å². The number of rotatable bonds is 7. The molecule has 8 heteroatoms. The predicted molar refractivity (Wildman–Crippen MR) is 122 cm³/mol. The maximum Gasteiger partial charge on any atom is 0.264 e. The van der Waals surface area contributed by atoms with E-state index in [0.717, 1.165) is 29.0 Å². The summed E-state index contributed by atoms with van der Waals surface area (Å²) in [6.07, 6.45) is 0.800. The number of aromatic nitrogens is 2. The molecule has 8 nitrogen and oxygen atoms in total. The molecule has 4 rings (SSSR count).